The Labute approximate surface area is 113 Å². The Hall–Kier alpha value is -1.68. The van der Waals surface area contributed by atoms with E-state index in [9.17, 15) is 0 Å². The number of nitrogens with two attached hydrogens (primary N) is 1. The summed E-state index contributed by atoms with van der Waals surface area (Å²) in [4.78, 5) is 0. The summed E-state index contributed by atoms with van der Waals surface area (Å²) in [6, 6.07) is 20.2. The van der Waals surface area contributed by atoms with E-state index >= 15 is 0 Å². The quantitative estimate of drug-likeness (QED) is 0.632. The number of epoxide rings is 1. The topological polar surface area (TPSA) is 50.6 Å². The molecule has 1 aliphatic rings. The van der Waals surface area contributed by atoms with Crippen molar-refractivity contribution in [1.29, 1.82) is 0 Å². The van der Waals surface area contributed by atoms with Gasteiger partial charge in [-0.15, -0.1) is 0 Å². The van der Waals surface area contributed by atoms with Crippen molar-refractivity contribution in [2.24, 2.45) is 5.73 Å². The fourth-order valence-corrected chi connectivity index (χ4v) is 2.23. The van der Waals surface area contributed by atoms with Crippen LogP contribution in [0.25, 0.3) is 0 Å². The fraction of sp³-hybridized carbons (Fsp3) is 0.250. The monoisotopic (exact) mass is 254 g/mol. The maximum Gasteiger partial charge on any atom is 0.119 e. The van der Waals surface area contributed by atoms with Crippen LogP contribution in [0.4, 0.5) is 0 Å². The highest BCUT2D eigenvalue weighted by Gasteiger charge is 2.32. The van der Waals surface area contributed by atoms with E-state index in [4.69, 9.17) is 10.5 Å². The van der Waals surface area contributed by atoms with Crippen LogP contribution in [0.1, 0.15) is 11.1 Å². The van der Waals surface area contributed by atoms with Crippen LogP contribution in [0, 0.1) is 0 Å². The summed E-state index contributed by atoms with van der Waals surface area (Å²) in [5.41, 5.74) is 8.09. The van der Waals surface area contributed by atoms with Gasteiger partial charge in [0.2, 0.25) is 0 Å². The van der Waals surface area contributed by atoms with Crippen LogP contribution < -0.4 is 11.1 Å². The average Bonchev–Trinajstić information content (AvgIpc) is 3.31. The van der Waals surface area contributed by atoms with E-state index in [0.29, 0.717) is 6.10 Å². The van der Waals surface area contributed by atoms with Gasteiger partial charge in [-0.3, -0.25) is 5.32 Å². The average molecular weight is 254 g/mol. The van der Waals surface area contributed by atoms with Gasteiger partial charge < -0.3 is 10.5 Å². The van der Waals surface area contributed by atoms with Crippen molar-refractivity contribution < 1.29 is 4.74 Å². The van der Waals surface area contributed by atoms with Gasteiger partial charge in [0.1, 0.15) is 5.66 Å². The van der Waals surface area contributed by atoms with Gasteiger partial charge in [0, 0.05) is 6.54 Å². The van der Waals surface area contributed by atoms with Crippen molar-refractivity contribution in [2.45, 2.75) is 11.8 Å². The highest BCUT2D eigenvalue weighted by Crippen LogP contribution is 2.24. The highest BCUT2D eigenvalue weighted by molar-refractivity contribution is 5.36. The molecule has 1 atom stereocenters. The minimum atomic E-state index is -0.672. The van der Waals surface area contributed by atoms with Crippen LogP contribution in [0.2, 0.25) is 0 Å². The Balaban J connectivity index is 1.94. The van der Waals surface area contributed by atoms with Crippen molar-refractivity contribution in [3.8, 4) is 0 Å². The molecule has 2 aromatic rings. The first-order valence-electron chi connectivity index (χ1n) is 6.55. The zero-order valence-corrected chi connectivity index (χ0v) is 10.8. The summed E-state index contributed by atoms with van der Waals surface area (Å²) in [7, 11) is 0. The van der Waals surface area contributed by atoms with Crippen LogP contribution in [-0.2, 0) is 10.4 Å². The van der Waals surface area contributed by atoms with Crippen LogP contribution >= 0.6 is 0 Å². The second-order valence-electron chi connectivity index (χ2n) is 4.88. The van der Waals surface area contributed by atoms with E-state index < -0.39 is 5.66 Å². The first kappa shape index (κ1) is 12.4. The third-order valence-electron chi connectivity index (χ3n) is 3.47. The maximum atomic E-state index is 6.65. The predicted octanol–water partition coefficient (Wildman–Crippen LogP) is 1.83. The second-order valence-corrected chi connectivity index (χ2v) is 4.88. The molecule has 2 aromatic carbocycles. The molecule has 0 amide bonds. The molecule has 3 nitrogen and oxygen atoms in total. The Kier molecular flexibility index (Phi) is 3.34. The van der Waals surface area contributed by atoms with Crippen LogP contribution in [0.15, 0.2) is 60.7 Å². The molecule has 1 saturated heterocycles. The van der Waals surface area contributed by atoms with Crippen molar-refractivity contribution >= 4 is 0 Å². The summed E-state index contributed by atoms with van der Waals surface area (Å²) in [6.45, 7) is 1.59. The van der Waals surface area contributed by atoms with Gasteiger partial charge in [0.15, 0.2) is 0 Å². The lowest BCUT2D eigenvalue weighted by atomic mass is 9.92. The van der Waals surface area contributed by atoms with Gasteiger partial charge in [-0.05, 0) is 11.1 Å². The Morgan fingerprint density at radius 1 is 1.00 bits per heavy atom. The fourth-order valence-electron chi connectivity index (χ4n) is 2.23. The summed E-state index contributed by atoms with van der Waals surface area (Å²) < 4.78 is 5.26. The molecule has 0 aromatic heterocycles. The van der Waals surface area contributed by atoms with Crippen LogP contribution in [0.3, 0.4) is 0 Å². The molecule has 0 aliphatic carbocycles. The van der Waals surface area contributed by atoms with Crippen molar-refractivity contribution in [1.82, 2.24) is 5.32 Å². The molecule has 3 heteroatoms. The molecular weight excluding hydrogens is 236 g/mol. The zero-order valence-electron chi connectivity index (χ0n) is 10.8. The molecule has 3 rings (SSSR count). The molecule has 3 N–H and O–H groups in total. The van der Waals surface area contributed by atoms with Crippen molar-refractivity contribution in [2.75, 3.05) is 13.2 Å². The summed E-state index contributed by atoms with van der Waals surface area (Å²) in [5.74, 6) is 0. The maximum absolute atomic E-state index is 6.65. The predicted molar refractivity (Wildman–Crippen MR) is 75.6 cm³/mol. The summed E-state index contributed by atoms with van der Waals surface area (Å²) in [6.07, 6.45) is 0.301. The largest absolute Gasteiger partial charge is 0.372 e. The van der Waals surface area contributed by atoms with Gasteiger partial charge >= 0.3 is 0 Å². The number of rotatable bonds is 5. The number of hydrogen-bond donors (Lipinski definition) is 2. The van der Waals surface area contributed by atoms with E-state index in [-0.39, 0.29) is 0 Å². The highest BCUT2D eigenvalue weighted by atomic mass is 16.6. The molecule has 98 valence electrons. The van der Waals surface area contributed by atoms with Gasteiger partial charge in [-0.1, -0.05) is 60.7 Å². The molecule has 0 saturated carbocycles. The molecule has 1 unspecified atom stereocenters. The van der Waals surface area contributed by atoms with Crippen LogP contribution in [-0.4, -0.2) is 19.3 Å². The smallest absolute Gasteiger partial charge is 0.119 e. The van der Waals surface area contributed by atoms with Gasteiger partial charge in [-0.2, -0.15) is 0 Å². The minimum absolute atomic E-state index is 0.301. The number of nitrogens with one attached hydrogen (secondary N) is 1. The molecule has 0 bridgehead atoms. The Bertz CT molecular complexity index is 483. The molecular formula is C16H18N2O. The van der Waals surface area contributed by atoms with Crippen molar-refractivity contribution in [3.63, 3.8) is 0 Å². The van der Waals surface area contributed by atoms with E-state index in [1.54, 1.807) is 0 Å². The van der Waals surface area contributed by atoms with E-state index in [1.807, 2.05) is 60.7 Å². The van der Waals surface area contributed by atoms with Crippen LogP contribution in [0.5, 0.6) is 0 Å². The van der Waals surface area contributed by atoms with E-state index in [0.717, 1.165) is 24.3 Å². The van der Waals surface area contributed by atoms with Crippen molar-refractivity contribution in [3.05, 3.63) is 71.8 Å². The lowest BCUT2D eigenvalue weighted by molar-refractivity contribution is 0.350. The van der Waals surface area contributed by atoms with Gasteiger partial charge in [0.05, 0.1) is 12.7 Å². The first-order valence-corrected chi connectivity index (χ1v) is 6.55. The zero-order chi connectivity index (χ0) is 13.1. The number of benzene rings is 2. The van der Waals surface area contributed by atoms with E-state index in [1.165, 1.54) is 0 Å². The molecule has 0 spiro atoms. The molecule has 1 fully saturated rings. The normalized spacial score (nSPS) is 18.3. The summed E-state index contributed by atoms with van der Waals surface area (Å²) in [5, 5.41) is 3.44. The lowest BCUT2D eigenvalue weighted by Gasteiger charge is -2.32. The molecule has 1 heterocycles. The third-order valence-corrected chi connectivity index (χ3v) is 3.47. The number of hydrogen-bond acceptors (Lipinski definition) is 3. The first-order chi connectivity index (χ1) is 9.29. The van der Waals surface area contributed by atoms with Gasteiger partial charge in [-0.25, -0.2) is 0 Å². The molecule has 1 aliphatic heterocycles. The lowest BCUT2D eigenvalue weighted by Crippen LogP contribution is -2.52. The van der Waals surface area contributed by atoms with Gasteiger partial charge in [0.25, 0.3) is 0 Å². The Morgan fingerprint density at radius 2 is 1.47 bits per heavy atom. The third kappa shape index (κ3) is 2.68. The standard InChI is InChI=1S/C16H18N2O/c17-16(18-11-15-12-19-15,13-7-3-1-4-8-13)14-9-5-2-6-10-14/h1-10,15,18H,11-12,17H2. The molecule has 19 heavy (non-hydrogen) atoms. The minimum Gasteiger partial charge on any atom is -0.372 e. The summed E-state index contributed by atoms with van der Waals surface area (Å²) >= 11 is 0. The Morgan fingerprint density at radius 3 is 1.89 bits per heavy atom. The second kappa shape index (κ2) is 5.13. The van der Waals surface area contributed by atoms with E-state index in [2.05, 4.69) is 5.32 Å². The SMILES string of the molecule is NC(NCC1CO1)(c1ccccc1)c1ccccc1. The molecule has 0 radical (unpaired) electrons. The number of ether oxygens (including phenoxy) is 1.